The minimum Gasteiger partial charge on any atom is -0.492 e. The topological polar surface area (TPSA) is 75.7 Å². The predicted octanol–water partition coefficient (Wildman–Crippen LogP) is 6.51. The van der Waals surface area contributed by atoms with E-state index < -0.39 is 10.0 Å². The summed E-state index contributed by atoms with van der Waals surface area (Å²) in [6.45, 7) is 2.52. The second-order valence-corrected chi connectivity index (χ2v) is 11.2. The average Bonchev–Trinajstić information content (AvgIpc) is 2.93. The van der Waals surface area contributed by atoms with Gasteiger partial charge in [0.1, 0.15) is 12.4 Å². The van der Waals surface area contributed by atoms with Gasteiger partial charge in [0.25, 0.3) is 15.9 Å². The highest BCUT2D eigenvalue weighted by atomic mass is 35.5. The van der Waals surface area contributed by atoms with E-state index in [0.29, 0.717) is 45.8 Å². The standard InChI is InChI=1S/C29H26Cl2N2O4S/c1-21-7-12-25(31)19-28(21)33(38(35,36)27-5-3-2-4-6-27)20-22-8-10-23(11-9-22)29(34)32-17-18-37-26-15-13-24(30)14-16-26/h2-16,19H,17-18,20H2,1H3,(H,32,34). The first-order valence-electron chi connectivity index (χ1n) is 11.8. The van der Waals surface area contributed by atoms with Crippen LogP contribution in [-0.2, 0) is 16.6 Å². The van der Waals surface area contributed by atoms with Gasteiger partial charge in [0.15, 0.2) is 0 Å². The quantitative estimate of drug-likeness (QED) is 0.221. The number of benzene rings is 4. The van der Waals surface area contributed by atoms with Crippen LogP contribution in [-0.4, -0.2) is 27.5 Å². The van der Waals surface area contributed by atoms with Crippen LogP contribution in [0.15, 0.2) is 102 Å². The van der Waals surface area contributed by atoms with E-state index in [-0.39, 0.29) is 17.3 Å². The summed E-state index contributed by atoms with van der Waals surface area (Å²) >= 11 is 12.1. The van der Waals surface area contributed by atoms with Crippen molar-refractivity contribution in [1.82, 2.24) is 5.32 Å². The molecule has 9 heteroatoms. The Morgan fingerprint density at radius 3 is 2.21 bits per heavy atom. The molecule has 1 amide bonds. The number of ether oxygens (including phenoxy) is 1. The zero-order valence-corrected chi connectivity index (χ0v) is 22.9. The Labute approximate surface area is 232 Å². The van der Waals surface area contributed by atoms with Crippen LogP contribution in [0.25, 0.3) is 0 Å². The molecule has 0 saturated carbocycles. The molecule has 0 aliphatic carbocycles. The summed E-state index contributed by atoms with van der Waals surface area (Å²) in [7, 11) is -3.88. The van der Waals surface area contributed by atoms with Crippen molar-refractivity contribution >= 4 is 44.8 Å². The summed E-state index contributed by atoms with van der Waals surface area (Å²) in [6.07, 6.45) is 0. The number of rotatable bonds is 10. The molecule has 0 atom stereocenters. The van der Waals surface area contributed by atoms with Gasteiger partial charge >= 0.3 is 0 Å². The van der Waals surface area contributed by atoms with Crippen molar-refractivity contribution in [3.63, 3.8) is 0 Å². The second-order valence-electron chi connectivity index (χ2n) is 8.51. The average molecular weight is 570 g/mol. The van der Waals surface area contributed by atoms with Gasteiger partial charge in [-0.2, -0.15) is 0 Å². The fourth-order valence-corrected chi connectivity index (χ4v) is 5.59. The molecule has 196 valence electrons. The Kier molecular flexibility index (Phi) is 8.94. The normalized spacial score (nSPS) is 11.1. The van der Waals surface area contributed by atoms with Gasteiger partial charge in [-0.15, -0.1) is 0 Å². The molecule has 4 aromatic carbocycles. The summed E-state index contributed by atoms with van der Waals surface area (Å²) in [6, 6.07) is 27.2. The van der Waals surface area contributed by atoms with Gasteiger partial charge in [0, 0.05) is 15.6 Å². The Morgan fingerprint density at radius 1 is 0.868 bits per heavy atom. The van der Waals surface area contributed by atoms with Gasteiger partial charge in [-0.3, -0.25) is 9.10 Å². The molecule has 4 rings (SSSR count). The molecule has 0 aromatic heterocycles. The number of aryl methyl sites for hydroxylation is 1. The van der Waals surface area contributed by atoms with E-state index in [1.807, 2.05) is 6.92 Å². The number of hydrogen-bond acceptors (Lipinski definition) is 4. The highest BCUT2D eigenvalue weighted by Gasteiger charge is 2.26. The second kappa shape index (κ2) is 12.3. The van der Waals surface area contributed by atoms with Crippen molar-refractivity contribution < 1.29 is 17.9 Å². The molecular weight excluding hydrogens is 543 g/mol. The smallest absolute Gasteiger partial charge is 0.264 e. The maximum atomic E-state index is 13.6. The van der Waals surface area contributed by atoms with E-state index in [1.165, 1.54) is 4.31 Å². The maximum absolute atomic E-state index is 13.6. The van der Waals surface area contributed by atoms with Gasteiger partial charge in [-0.05, 0) is 78.7 Å². The predicted molar refractivity (Wildman–Crippen MR) is 152 cm³/mol. The Hall–Kier alpha value is -3.52. The molecular formula is C29H26Cl2N2O4S. The third-order valence-electron chi connectivity index (χ3n) is 5.78. The molecule has 0 aliphatic rings. The zero-order chi connectivity index (χ0) is 27.1. The summed E-state index contributed by atoms with van der Waals surface area (Å²) in [5.74, 6) is 0.411. The minimum atomic E-state index is -3.88. The summed E-state index contributed by atoms with van der Waals surface area (Å²) in [5.41, 5.74) is 2.43. The molecule has 0 radical (unpaired) electrons. The Bertz CT molecular complexity index is 1490. The number of anilines is 1. The summed E-state index contributed by atoms with van der Waals surface area (Å²) in [5, 5.41) is 3.87. The number of hydrogen-bond donors (Lipinski definition) is 1. The van der Waals surface area contributed by atoms with E-state index in [2.05, 4.69) is 5.32 Å². The molecule has 6 nitrogen and oxygen atoms in total. The number of sulfonamides is 1. The molecule has 1 N–H and O–H groups in total. The van der Waals surface area contributed by atoms with Crippen molar-refractivity contribution in [2.75, 3.05) is 17.5 Å². The number of amides is 1. The summed E-state index contributed by atoms with van der Waals surface area (Å²) in [4.78, 5) is 12.8. The zero-order valence-electron chi connectivity index (χ0n) is 20.6. The molecule has 0 spiro atoms. The van der Waals surface area contributed by atoms with Gasteiger partial charge in [-0.1, -0.05) is 59.6 Å². The van der Waals surface area contributed by atoms with Crippen LogP contribution < -0.4 is 14.4 Å². The largest absolute Gasteiger partial charge is 0.492 e. The van der Waals surface area contributed by atoms with Gasteiger partial charge in [0.05, 0.1) is 23.7 Å². The van der Waals surface area contributed by atoms with E-state index in [4.69, 9.17) is 27.9 Å². The molecule has 38 heavy (non-hydrogen) atoms. The lowest BCUT2D eigenvalue weighted by Gasteiger charge is -2.26. The molecule has 0 heterocycles. The fourth-order valence-electron chi connectivity index (χ4n) is 3.76. The number of nitrogens with zero attached hydrogens (tertiary/aromatic N) is 1. The molecule has 0 unspecified atom stereocenters. The number of carbonyl (C=O) groups is 1. The highest BCUT2D eigenvalue weighted by Crippen LogP contribution is 2.31. The lowest BCUT2D eigenvalue weighted by Crippen LogP contribution is -2.31. The van der Waals surface area contributed by atoms with Crippen LogP contribution in [0.5, 0.6) is 5.75 Å². The lowest BCUT2D eigenvalue weighted by atomic mass is 10.1. The molecule has 0 aliphatic heterocycles. The van der Waals surface area contributed by atoms with Crippen LogP contribution in [0.4, 0.5) is 5.69 Å². The van der Waals surface area contributed by atoms with Crippen LogP contribution in [0.1, 0.15) is 21.5 Å². The van der Waals surface area contributed by atoms with Crippen LogP contribution in [0.3, 0.4) is 0 Å². The van der Waals surface area contributed by atoms with Crippen molar-refractivity contribution in [2.45, 2.75) is 18.4 Å². The van der Waals surface area contributed by atoms with Crippen molar-refractivity contribution in [3.8, 4) is 5.75 Å². The third kappa shape index (κ3) is 6.86. The van der Waals surface area contributed by atoms with E-state index in [9.17, 15) is 13.2 Å². The molecule has 0 saturated heterocycles. The molecule has 0 fully saturated rings. The van der Waals surface area contributed by atoms with E-state index >= 15 is 0 Å². The molecule has 4 aromatic rings. The lowest BCUT2D eigenvalue weighted by molar-refractivity contribution is 0.0947. The third-order valence-corrected chi connectivity index (χ3v) is 8.04. The number of nitrogens with one attached hydrogen (secondary N) is 1. The van der Waals surface area contributed by atoms with E-state index in [1.54, 1.807) is 97.1 Å². The van der Waals surface area contributed by atoms with Gasteiger partial charge in [0.2, 0.25) is 0 Å². The highest BCUT2D eigenvalue weighted by molar-refractivity contribution is 7.92. The number of carbonyl (C=O) groups excluding carboxylic acids is 1. The first kappa shape index (κ1) is 27.5. The SMILES string of the molecule is Cc1ccc(Cl)cc1N(Cc1ccc(C(=O)NCCOc2ccc(Cl)cc2)cc1)S(=O)(=O)c1ccccc1. The van der Waals surface area contributed by atoms with Gasteiger partial charge in [-0.25, -0.2) is 8.42 Å². The fraction of sp³-hybridized carbons (Fsp3) is 0.138. The first-order chi connectivity index (χ1) is 18.2. The van der Waals surface area contributed by atoms with Crippen LogP contribution in [0, 0.1) is 6.92 Å². The van der Waals surface area contributed by atoms with Crippen molar-refractivity contribution in [3.05, 3.63) is 124 Å². The van der Waals surface area contributed by atoms with Crippen molar-refractivity contribution in [1.29, 1.82) is 0 Å². The summed E-state index contributed by atoms with van der Waals surface area (Å²) < 4.78 is 34.2. The van der Waals surface area contributed by atoms with Crippen LogP contribution >= 0.6 is 23.2 Å². The monoisotopic (exact) mass is 568 g/mol. The van der Waals surface area contributed by atoms with Crippen LogP contribution in [0.2, 0.25) is 10.0 Å². The van der Waals surface area contributed by atoms with Gasteiger partial charge < -0.3 is 10.1 Å². The molecule has 0 bridgehead atoms. The van der Waals surface area contributed by atoms with E-state index in [0.717, 1.165) is 5.56 Å². The Balaban J connectivity index is 1.46. The first-order valence-corrected chi connectivity index (χ1v) is 14.0. The maximum Gasteiger partial charge on any atom is 0.264 e. The van der Waals surface area contributed by atoms with Crippen molar-refractivity contribution in [2.24, 2.45) is 0 Å². The Morgan fingerprint density at radius 2 is 1.53 bits per heavy atom. The number of halogens is 2. The minimum absolute atomic E-state index is 0.0647.